The lowest BCUT2D eigenvalue weighted by Crippen LogP contribution is -2.53. The molecule has 1 aromatic rings. The number of hydrogen-bond acceptors (Lipinski definition) is 3. The predicted octanol–water partition coefficient (Wildman–Crippen LogP) is 2.44. The summed E-state index contributed by atoms with van der Waals surface area (Å²) in [6.07, 6.45) is 0. The van der Waals surface area contributed by atoms with Gasteiger partial charge in [-0.2, -0.15) is 0 Å². The molecule has 3 heteroatoms. The number of benzene rings is 1. The van der Waals surface area contributed by atoms with E-state index in [0.29, 0.717) is 12.0 Å². The average molecular weight is 248 g/mol. The Balaban J connectivity index is 2.13. The van der Waals surface area contributed by atoms with Gasteiger partial charge in [-0.3, -0.25) is 0 Å². The van der Waals surface area contributed by atoms with Crippen LogP contribution in [0.15, 0.2) is 18.2 Å². The first-order chi connectivity index (χ1) is 8.61. The predicted molar refractivity (Wildman–Crippen MR) is 76.6 cm³/mol. The fourth-order valence-electron chi connectivity index (χ4n) is 2.52. The van der Waals surface area contributed by atoms with E-state index in [9.17, 15) is 0 Å². The molecule has 0 saturated carbocycles. The van der Waals surface area contributed by atoms with Gasteiger partial charge in [0.1, 0.15) is 5.75 Å². The van der Waals surface area contributed by atoms with Gasteiger partial charge < -0.3 is 15.0 Å². The highest BCUT2D eigenvalue weighted by Gasteiger charge is 2.22. The van der Waals surface area contributed by atoms with Gasteiger partial charge in [0.25, 0.3) is 0 Å². The van der Waals surface area contributed by atoms with Gasteiger partial charge in [0, 0.05) is 31.4 Å². The fraction of sp³-hybridized carbons (Fsp3) is 0.600. The number of rotatable bonds is 3. The average Bonchev–Trinajstić information content (AvgIpc) is 2.38. The van der Waals surface area contributed by atoms with E-state index >= 15 is 0 Å². The van der Waals surface area contributed by atoms with E-state index in [1.54, 1.807) is 7.11 Å². The minimum atomic E-state index is 0.584. The van der Waals surface area contributed by atoms with Crippen molar-refractivity contribution in [1.29, 1.82) is 0 Å². The Morgan fingerprint density at radius 1 is 1.39 bits per heavy atom. The zero-order valence-corrected chi connectivity index (χ0v) is 11.9. The third-order valence-electron chi connectivity index (χ3n) is 3.75. The summed E-state index contributed by atoms with van der Waals surface area (Å²) in [6.45, 7) is 9.89. The molecule has 2 rings (SSSR count). The van der Waals surface area contributed by atoms with Crippen LogP contribution in [-0.4, -0.2) is 32.8 Å². The number of aryl methyl sites for hydroxylation is 1. The molecule has 0 bridgehead atoms. The largest absolute Gasteiger partial charge is 0.496 e. The lowest BCUT2D eigenvalue weighted by atomic mass is 10.0. The van der Waals surface area contributed by atoms with Crippen molar-refractivity contribution >= 4 is 5.69 Å². The first-order valence-electron chi connectivity index (χ1n) is 6.74. The van der Waals surface area contributed by atoms with Crippen molar-refractivity contribution in [3.8, 4) is 5.75 Å². The summed E-state index contributed by atoms with van der Waals surface area (Å²) >= 11 is 0. The number of nitrogens with one attached hydrogen (secondary N) is 1. The van der Waals surface area contributed by atoms with Crippen LogP contribution in [0.5, 0.6) is 5.75 Å². The molecule has 0 amide bonds. The smallest absolute Gasteiger partial charge is 0.121 e. The van der Waals surface area contributed by atoms with Crippen molar-refractivity contribution in [2.45, 2.75) is 26.8 Å². The monoisotopic (exact) mass is 248 g/mol. The van der Waals surface area contributed by atoms with E-state index in [4.69, 9.17) is 4.74 Å². The zero-order valence-electron chi connectivity index (χ0n) is 11.9. The molecule has 1 fully saturated rings. The molecule has 1 heterocycles. The summed E-state index contributed by atoms with van der Waals surface area (Å²) in [6, 6.07) is 7.04. The molecule has 0 radical (unpaired) electrons. The molecule has 3 nitrogen and oxygen atoms in total. The van der Waals surface area contributed by atoms with Gasteiger partial charge in [-0.05, 0) is 36.6 Å². The third-order valence-corrected chi connectivity index (χ3v) is 3.75. The zero-order chi connectivity index (χ0) is 13.1. The molecule has 1 saturated heterocycles. The lowest BCUT2D eigenvalue weighted by Gasteiger charge is -2.37. The Morgan fingerprint density at radius 3 is 2.78 bits per heavy atom. The molecule has 0 aromatic heterocycles. The van der Waals surface area contributed by atoms with Crippen LogP contribution in [0.3, 0.4) is 0 Å². The number of hydrogen-bond donors (Lipinski definition) is 1. The normalized spacial score (nSPS) is 20.3. The van der Waals surface area contributed by atoms with Gasteiger partial charge in [0.15, 0.2) is 0 Å². The van der Waals surface area contributed by atoms with Crippen LogP contribution in [0, 0.1) is 12.8 Å². The molecule has 100 valence electrons. The Hall–Kier alpha value is -1.22. The maximum absolute atomic E-state index is 5.32. The number of nitrogens with zero attached hydrogens (tertiary/aromatic N) is 1. The standard InChI is InChI=1S/C15H24N2O/c1-11(2)14-10-17(8-7-16-14)13-5-6-15(18-4)12(3)9-13/h5-6,9,11,14,16H,7-8,10H2,1-4H3. The summed E-state index contributed by atoms with van der Waals surface area (Å²) in [5.41, 5.74) is 2.51. The summed E-state index contributed by atoms with van der Waals surface area (Å²) in [4.78, 5) is 2.47. The first kappa shape index (κ1) is 13.2. The van der Waals surface area contributed by atoms with Gasteiger partial charge in [-0.25, -0.2) is 0 Å². The van der Waals surface area contributed by atoms with E-state index in [1.165, 1.54) is 11.3 Å². The van der Waals surface area contributed by atoms with Crippen molar-refractivity contribution in [3.05, 3.63) is 23.8 Å². The molecule has 18 heavy (non-hydrogen) atoms. The molecule has 1 unspecified atom stereocenters. The number of ether oxygens (including phenoxy) is 1. The maximum atomic E-state index is 5.32. The van der Waals surface area contributed by atoms with Crippen LogP contribution in [0.1, 0.15) is 19.4 Å². The summed E-state index contributed by atoms with van der Waals surface area (Å²) in [7, 11) is 1.72. The van der Waals surface area contributed by atoms with Crippen LogP contribution < -0.4 is 15.0 Å². The van der Waals surface area contributed by atoms with E-state index in [2.05, 4.69) is 49.2 Å². The Bertz CT molecular complexity index is 403. The number of methoxy groups -OCH3 is 1. The van der Waals surface area contributed by atoms with Crippen LogP contribution >= 0.6 is 0 Å². The van der Waals surface area contributed by atoms with E-state index in [1.807, 2.05) is 0 Å². The second-order valence-corrected chi connectivity index (χ2v) is 5.40. The minimum absolute atomic E-state index is 0.584. The first-order valence-corrected chi connectivity index (χ1v) is 6.74. The fourth-order valence-corrected chi connectivity index (χ4v) is 2.52. The van der Waals surface area contributed by atoms with Crippen molar-refractivity contribution in [2.24, 2.45) is 5.92 Å². The number of piperazine rings is 1. The second kappa shape index (κ2) is 5.61. The van der Waals surface area contributed by atoms with Gasteiger partial charge >= 0.3 is 0 Å². The van der Waals surface area contributed by atoms with E-state index < -0.39 is 0 Å². The highest BCUT2D eigenvalue weighted by Crippen LogP contribution is 2.25. The summed E-state index contributed by atoms with van der Waals surface area (Å²) in [5, 5.41) is 3.59. The van der Waals surface area contributed by atoms with Gasteiger partial charge in [-0.1, -0.05) is 13.8 Å². The van der Waals surface area contributed by atoms with Crippen molar-refractivity contribution in [3.63, 3.8) is 0 Å². The topological polar surface area (TPSA) is 24.5 Å². The van der Waals surface area contributed by atoms with Gasteiger partial charge in [-0.15, -0.1) is 0 Å². The second-order valence-electron chi connectivity index (χ2n) is 5.40. The van der Waals surface area contributed by atoms with Crippen molar-refractivity contribution < 1.29 is 4.74 Å². The Morgan fingerprint density at radius 2 is 2.17 bits per heavy atom. The molecule has 0 spiro atoms. The third kappa shape index (κ3) is 2.78. The van der Waals surface area contributed by atoms with Crippen LogP contribution in [0.2, 0.25) is 0 Å². The molecular weight excluding hydrogens is 224 g/mol. The maximum Gasteiger partial charge on any atom is 0.121 e. The van der Waals surface area contributed by atoms with Gasteiger partial charge in [0.2, 0.25) is 0 Å². The van der Waals surface area contributed by atoms with Crippen molar-refractivity contribution in [1.82, 2.24) is 5.32 Å². The Labute approximate surface area is 110 Å². The van der Waals surface area contributed by atoms with Gasteiger partial charge in [0.05, 0.1) is 7.11 Å². The highest BCUT2D eigenvalue weighted by atomic mass is 16.5. The highest BCUT2D eigenvalue weighted by molar-refractivity contribution is 5.53. The SMILES string of the molecule is COc1ccc(N2CCNC(C(C)C)C2)cc1C. The molecule has 1 atom stereocenters. The quantitative estimate of drug-likeness (QED) is 0.889. The van der Waals surface area contributed by atoms with Crippen LogP contribution in [-0.2, 0) is 0 Å². The molecular formula is C15H24N2O. The molecule has 0 aliphatic carbocycles. The lowest BCUT2D eigenvalue weighted by molar-refractivity contribution is 0.368. The van der Waals surface area contributed by atoms with E-state index in [-0.39, 0.29) is 0 Å². The Kier molecular flexibility index (Phi) is 4.12. The molecule has 1 aliphatic heterocycles. The summed E-state index contributed by atoms with van der Waals surface area (Å²) in [5.74, 6) is 1.64. The summed E-state index contributed by atoms with van der Waals surface area (Å²) < 4.78 is 5.32. The minimum Gasteiger partial charge on any atom is -0.496 e. The molecule has 1 aromatic carbocycles. The molecule has 1 aliphatic rings. The number of anilines is 1. The van der Waals surface area contributed by atoms with E-state index in [0.717, 1.165) is 25.4 Å². The van der Waals surface area contributed by atoms with Crippen LogP contribution in [0.25, 0.3) is 0 Å². The van der Waals surface area contributed by atoms with Crippen molar-refractivity contribution in [2.75, 3.05) is 31.6 Å². The van der Waals surface area contributed by atoms with Crippen LogP contribution in [0.4, 0.5) is 5.69 Å². The molecule has 1 N–H and O–H groups in total.